The van der Waals surface area contributed by atoms with Gasteiger partial charge in [-0.2, -0.15) is 0 Å². The van der Waals surface area contributed by atoms with Gasteiger partial charge >= 0.3 is 18.0 Å². The molecule has 226 valence electrons. The highest BCUT2D eigenvalue weighted by Crippen LogP contribution is 2.63. The van der Waals surface area contributed by atoms with Crippen molar-refractivity contribution in [3.8, 4) is 11.1 Å². The maximum atomic E-state index is 15.3. The molecule has 1 unspecified atom stereocenters. The van der Waals surface area contributed by atoms with E-state index in [4.69, 9.17) is 19.2 Å². The van der Waals surface area contributed by atoms with Crippen molar-refractivity contribution in [3.63, 3.8) is 0 Å². The maximum Gasteiger partial charge on any atom is 0.414 e. The van der Waals surface area contributed by atoms with E-state index in [-0.39, 0.29) is 43.2 Å². The molecule has 13 heteroatoms. The molecular formula is C30H33FN6O6. The first-order chi connectivity index (χ1) is 20.6. The molecule has 3 aromatic rings. The van der Waals surface area contributed by atoms with Crippen molar-refractivity contribution in [1.29, 1.82) is 0 Å². The fourth-order valence-corrected chi connectivity index (χ4v) is 6.42. The topological polar surface area (TPSA) is 129 Å². The van der Waals surface area contributed by atoms with Gasteiger partial charge in [-0.05, 0) is 36.1 Å². The van der Waals surface area contributed by atoms with E-state index in [0.717, 1.165) is 18.8 Å². The molecule has 4 atom stereocenters. The zero-order valence-corrected chi connectivity index (χ0v) is 24.2. The molecule has 1 aromatic carbocycles. The van der Waals surface area contributed by atoms with Crippen LogP contribution in [0.25, 0.3) is 11.1 Å². The Balaban J connectivity index is 1.09. The second-order valence-corrected chi connectivity index (χ2v) is 11.5. The van der Waals surface area contributed by atoms with Crippen molar-refractivity contribution in [2.24, 2.45) is 11.8 Å². The van der Waals surface area contributed by atoms with Crippen LogP contribution in [0.4, 0.5) is 14.9 Å². The maximum absolute atomic E-state index is 15.3. The Kier molecular flexibility index (Phi) is 7.59. The van der Waals surface area contributed by atoms with E-state index in [2.05, 4.69) is 22.1 Å². The first-order valence-electron chi connectivity index (χ1n) is 14.2. The number of hydrogen-bond donors (Lipinski definition) is 0. The van der Waals surface area contributed by atoms with Gasteiger partial charge in [0.1, 0.15) is 25.1 Å². The van der Waals surface area contributed by atoms with Crippen LogP contribution in [0.5, 0.6) is 0 Å². The minimum absolute atomic E-state index is 0.121. The second-order valence-electron chi connectivity index (χ2n) is 11.5. The van der Waals surface area contributed by atoms with E-state index < -0.39 is 18.0 Å². The minimum atomic E-state index is -0.533. The number of nitrogens with zero attached hydrogens (tertiary/aromatic N) is 6. The zero-order valence-electron chi connectivity index (χ0n) is 24.2. The van der Waals surface area contributed by atoms with Crippen LogP contribution in [0.3, 0.4) is 0 Å². The summed E-state index contributed by atoms with van der Waals surface area (Å²) in [5, 5.41) is 7.65. The number of benzene rings is 1. The lowest BCUT2D eigenvalue weighted by Gasteiger charge is -2.30. The van der Waals surface area contributed by atoms with Gasteiger partial charge in [-0.25, -0.2) is 13.9 Å². The van der Waals surface area contributed by atoms with E-state index >= 15 is 4.39 Å². The molecule has 2 aliphatic heterocycles. The Labute approximate surface area is 247 Å². The Morgan fingerprint density at radius 1 is 1.09 bits per heavy atom. The predicted molar refractivity (Wildman–Crippen MR) is 150 cm³/mol. The third kappa shape index (κ3) is 5.68. The first kappa shape index (κ1) is 28.7. The number of halogens is 1. The number of amides is 1. The fourth-order valence-electron chi connectivity index (χ4n) is 6.42. The van der Waals surface area contributed by atoms with Crippen molar-refractivity contribution in [1.82, 2.24) is 24.9 Å². The summed E-state index contributed by atoms with van der Waals surface area (Å²) < 4.78 is 32.7. The smallest absolute Gasteiger partial charge is 0.414 e. The summed E-state index contributed by atoms with van der Waals surface area (Å²) in [5.41, 5.74) is 2.27. The Bertz CT molecular complexity index is 1490. The number of pyridine rings is 1. The molecule has 0 radical (unpaired) electrons. The van der Waals surface area contributed by atoms with Gasteiger partial charge < -0.3 is 14.2 Å². The first-order valence-corrected chi connectivity index (χ1v) is 14.2. The lowest BCUT2D eigenvalue weighted by atomic mass is 9.95. The summed E-state index contributed by atoms with van der Waals surface area (Å²) in [6, 6.07) is 8.32. The second kappa shape index (κ2) is 11.4. The number of hydrogen-bond acceptors (Lipinski definition) is 10. The van der Waals surface area contributed by atoms with Crippen LogP contribution in [-0.2, 0) is 35.8 Å². The van der Waals surface area contributed by atoms with E-state index in [1.54, 1.807) is 35.4 Å². The van der Waals surface area contributed by atoms with Gasteiger partial charge in [0.15, 0.2) is 0 Å². The predicted octanol–water partition coefficient (Wildman–Crippen LogP) is 2.82. The van der Waals surface area contributed by atoms with Gasteiger partial charge in [-0.15, -0.1) is 5.10 Å². The van der Waals surface area contributed by atoms with Gasteiger partial charge in [0.05, 0.1) is 31.0 Å². The van der Waals surface area contributed by atoms with E-state index in [1.807, 2.05) is 12.1 Å². The average molecular weight is 593 g/mol. The molecule has 3 aliphatic rings. The number of carbonyl (C=O) groups excluding carboxylic acids is 3. The molecule has 3 fully saturated rings. The third-order valence-corrected chi connectivity index (χ3v) is 8.88. The lowest BCUT2D eigenvalue weighted by Crippen LogP contribution is -2.44. The molecule has 0 spiro atoms. The van der Waals surface area contributed by atoms with Gasteiger partial charge in [-0.3, -0.25) is 24.4 Å². The molecule has 0 N–H and O–H groups in total. The quantitative estimate of drug-likeness (QED) is 0.256. The fraction of sp³-hybridized carbons (Fsp3) is 0.467. The SMILES string of the molecule is CC(=O)OCC(COC(C)=O)N1C[C@@H]2[C@H](C1)C2(C)c1ccc(-c2ccc(N3C[C@H](Cn4ccnn4)OC3=O)cc2F)cn1. The van der Waals surface area contributed by atoms with Crippen LogP contribution in [0, 0.1) is 17.7 Å². The standard InChI is InChI=1S/C30H33FN6O6/c1-18(38)41-16-22(17-42-19(2)39)35-14-25-26(15-35)30(25,3)28-7-4-20(11-32-28)24-6-5-21(10-27(24)31)37-13-23(43-29(37)40)12-36-9-8-33-34-36/h4-11,22-23,25-26H,12-17H2,1-3H3/t23-,25-,26+,30?/m0/s1. The van der Waals surface area contributed by atoms with Crippen LogP contribution >= 0.6 is 0 Å². The highest BCUT2D eigenvalue weighted by atomic mass is 19.1. The number of esters is 2. The molecular weight excluding hydrogens is 559 g/mol. The zero-order chi connectivity index (χ0) is 30.3. The highest BCUT2D eigenvalue weighted by molar-refractivity contribution is 5.90. The molecule has 4 heterocycles. The normalized spacial score (nSPS) is 24.6. The molecule has 43 heavy (non-hydrogen) atoms. The number of cyclic esters (lactones) is 1. The lowest BCUT2D eigenvalue weighted by molar-refractivity contribution is -0.147. The molecule has 1 aliphatic carbocycles. The number of fused-ring (bicyclic) bond motifs is 1. The van der Waals surface area contributed by atoms with E-state index in [9.17, 15) is 14.4 Å². The summed E-state index contributed by atoms with van der Waals surface area (Å²) in [6.07, 6.45) is 3.97. The van der Waals surface area contributed by atoms with Crippen LogP contribution in [0.2, 0.25) is 0 Å². The number of carbonyl (C=O) groups is 3. The van der Waals surface area contributed by atoms with Crippen LogP contribution in [-0.4, -0.2) is 87.9 Å². The largest absolute Gasteiger partial charge is 0.464 e. The molecule has 1 amide bonds. The van der Waals surface area contributed by atoms with Crippen LogP contribution in [0.15, 0.2) is 48.9 Å². The Morgan fingerprint density at radius 2 is 1.81 bits per heavy atom. The minimum Gasteiger partial charge on any atom is -0.464 e. The number of piperidine rings is 1. The Hall–Kier alpha value is -4.39. The van der Waals surface area contributed by atoms with Crippen LogP contribution in [0.1, 0.15) is 26.5 Å². The van der Waals surface area contributed by atoms with Crippen LogP contribution < -0.4 is 4.90 Å². The average Bonchev–Trinajstić information content (AvgIpc) is 3.52. The highest BCUT2D eigenvalue weighted by Gasteiger charge is 2.67. The van der Waals surface area contributed by atoms with E-state index in [0.29, 0.717) is 35.2 Å². The summed E-state index contributed by atoms with van der Waals surface area (Å²) >= 11 is 0. The van der Waals surface area contributed by atoms with Crippen molar-refractivity contribution < 1.29 is 33.0 Å². The monoisotopic (exact) mass is 592 g/mol. The number of aromatic nitrogens is 4. The van der Waals surface area contributed by atoms with Gasteiger partial charge in [-0.1, -0.05) is 18.2 Å². The molecule has 6 rings (SSSR count). The number of rotatable bonds is 10. The number of likely N-dealkylation sites (tertiary alicyclic amines) is 1. The van der Waals surface area contributed by atoms with Crippen molar-refractivity contribution in [2.75, 3.05) is 37.7 Å². The molecule has 1 saturated carbocycles. The van der Waals surface area contributed by atoms with E-state index in [1.165, 1.54) is 24.8 Å². The third-order valence-electron chi connectivity index (χ3n) is 8.88. The van der Waals surface area contributed by atoms with Crippen molar-refractivity contribution in [2.45, 2.75) is 44.9 Å². The van der Waals surface area contributed by atoms with Crippen molar-refractivity contribution >= 4 is 23.7 Å². The summed E-state index contributed by atoms with van der Waals surface area (Å²) in [4.78, 5) is 43.5. The van der Waals surface area contributed by atoms with Gasteiger partial charge in [0, 0.05) is 61.6 Å². The molecule has 12 nitrogen and oxygen atoms in total. The number of anilines is 1. The summed E-state index contributed by atoms with van der Waals surface area (Å²) in [5.74, 6) is -0.496. The van der Waals surface area contributed by atoms with Crippen molar-refractivity contribution in [3.05, 3.63) is 60.4 Å². The Morgan fingerprint density at radius 3 is 2.40 bits per heavy atom. The number of ether oxygens (including phenoxy) is 3. The summed E-state index contributed by atoms with van der Waals surface area (Å²) in [6.45, 7) is 7.42. The molecule has 2 saturated heterocycles. The summed E-state index contributed by atoms with van der Waals surface area (Å²) in [7, 11) is 0. The molecule has 2 aromatic heterocycles. The van der Waals surface area contributed by atoms with Gasteiger partial charge in [0.2, 0.25) is 0 Å². The van der Waals surface area contributed by atoms with Gasteiger partial charge in [0.25, 0.3) is 0 Å². The molecule has 0 bridgehead atoms.